The number of nitrogens with zero attached hydrogens (tertiary/aromatic N) is 3. The molecule has 0 aliphatic rings. The predicted molar refractivity (Wildman–Crippen MR) is 67.4 cm³/mol. The largest absolute Gasteiger partial charge is 0.452 e. The molecule has 1 rings (SSSR count). The summed E-state index contributed by atoms with van der Waals surface area (Å²) in [7, 11) is 1.16. The second-order valence-electron chi connectivity index (χ2n) is 2.97. The Balaban J connectivity index is 2.69. The summed E-state index contributed by atoms with van der Waals surface area (Å²) in [5.41, 5.74) is 12.5. The number of ether oxygens (including phenoxy) is 1. The van der Waals surface area contributed by atoms with Gasteiger partial charge in [-0.05, 0) is 0 Å². The quantitative estimate of drug-likeness (QED) is 0.326. The molecular formula is C8H10ClN7O3. The van der Waals surface area contributed by atoms with E-state index in [1.165, 1.54) is 0 Å². The van der Waals surface area contributed by atoms with Crippen molar-refractivity contribution in [3.8, 4) is 0 Å². The van der Waals surface area contributed by atoms with Crippen LogP contribution in [-0.2, 0) is 4.74 Å². The summed E-state index contributed by atoms with van der Waals surface area (Å²) in [6.45, 7) is 0. The lowest BCUT2D eigenvalue weighted by Gasteiger charge is -2.04. The molecular weight excluding hydrogens is 278 g/mol. The zero-order valence-corrected chi connectivity index (χ0v) is 10.4. The van der Waals surface area contributed by atoms with Crippen LogP contribution >= 0.6 is 11.6 Å². The molecule has 0 aliphatic carbocycles. The number of halogens is 1. The summed E-state index contributed by atoms with van der Waals surface area (Å²) in [6.07, 6.45) is 0.116. The number of carbonyl (C=O) groups is 2. The van der Waals surface area contributed by atoms with E-state index in [4.69, 9.17) is 23.1 Å². The molecule has 0 radical (unpaired) electrons. The van der Waals surface area contributed by atoms with Crippen molar-refractivity contribution in [3.05, 3.63) is 10.8 Å². The number of nitrogens with one attached hydrogen (secondary N) is 2. The van der Waals surface area contributed by atoms with Gasteiger partial charge in [0.15, 0.2) is 22.5 Å². The second-order valence-corrected chi connectivity index (χ2v) is 3.33. The minimum absolute atomic E-state index is 0.0864. The topological polar surface area (TPSA) is 158 Å². The number of aromatic nitrogens is 2. The number of nitrogens with two attached hydrogens (primary N) is 2. The first-order chi connectivity index (χ1) is 8.95. The van der Waals surface area contributed by atoms with Gasteiger partial charge in [-0.15, -0.1) is 0 Å². The van der Waals surface area contributed by atoms with Crippen LogP contribution in [0.15, 0.2) is 5.10 Å². The van der Waals surface area contributed by atoms with Crippen molar-refractivity contribution in [3.63, 3.8) is 0 Å². The number of hydrogen-bond acceptors (Lipinski definition) is 8. The van der Waals surface area contributed by atoms with Gasteiger partial charge in [0.2, 0.25) is 0 Å². The van der Waals surface area contributed by atoms with Crippen LogP contribution in [0.4, 0.5) is 16.4 Å². The van der Waals surface area contributed by atoms with Crippen molar-refractivity contribution >= 4 is 41.6 Å². The highest BCUT2D eigenvalue weighted by Gasteiger charge is 2.14. The van der Waals surface area contributed by atoms with Gasteiger partial charge >= 0.3 is 6.09 Å². The van der Waals surface area contributed by atoms with E-state index in [0.29, 0.717) is 0 Å². The van der Waals surface area contributed by atoms with Crippen molar-refractivity contribution in [2.75, 3.05) is 18.6 Å². The van der Waals surface area contributed by atoms with E-state index < -0.39 is 12.0 Å². The van der Waals surface area contributed by atoms with E-state index in [1.54, 1.807) is 0 Å². The van der Waals surface area contributed by atoms with E-state index in [1.807, 2.05) is 5.43 Å². The Morgan fingerprint density at radius 2 is 2.05 bits per heavy atom. The lowest BCUT2D eigenvalue weighted by atomic mass is 10.4. The van der Waals surface area contributed by atoms with Crippen molar-refractivity contribution in [2.45, 2.75) is 0 Å². The van der Waals surface area contributed by atoms with Gasteiger partial charge in [0.05, 0.1) is 7.11 Å². The summed E-state index contributed by atoms with van der Waals surface area (Å²) in [5.74, 6) is -0.993. The number of anilines is 2. The molecule has 102 valence electrons. The van der Waals surface area contributed by atoms with Gasteiger partial charge in [0.1, 0.15) is 6.34 Å². The standard InChI is InChI=1S/C8H10ClN7O3/c1-19-8(18)16-13-2-12-7(17)3-5(10)15-6(11)4(9)14-3/h2H,1H3,(H,16,18)(H4,10,11,15)(H,12,13,17). The summed E-state index contributed by atoms with van der Waals surface area (Å²) in [5, 5.41) is 5.38. The van der Waals surface area contributed by atoms with Gasteiger partial charge in [0.25, 0.3) is 5.91 Å². The van der Waals surface area contributed by atoms with Gasteiger partial charge in [-0.3, -0.25) is 4.79 Å². The fourth-order valence-corrected chi connectivity index (χ4v) is 1.03. The van der Waals surface area contributed by atoms with Crippen molar-refractivity contribution in [1.29, 1.82) is 0 Å². The lowest BCUT2D eigenvalue weighted by molar-refractivity contribution is 0.0974. The lowest BCUT2D eigenvalue weighted by Crippen LogP contribution is -2.27. The van der Waals surface area contributed by atoms with Crippen LogP contribution in [0.5, 0.6) is 0 Å². The van der Waals surface area contributed by atoms with Gasteiger partial charge in [-0.25, -0.2) is 20.2 Å². The number of rotatable bonds is 3. The van der Waals surface area contributed by atoms with Gasteiger partial charge in [-0.1, -0.05) is 11.6 Å². The van der Waals surface area contributed by atoms with Crippen molar-refractivity contribution < 1.29 is 14.3 Å². The zero-order valence-electron chi connectivity index (χ0n) is 9.68. The molecule has 0 spiro atoms. The highest BCUT2D eigenvalue weighted by Crippen LogP contribution is 2.16. The van der Waals surface area contributed by atoms with Crippen LogP contribution in [0.3, 0.4) is 0 Å². The van der Waals surface area contributed by atoms with Gasteiger partial charge in [-0.2, -0.15) is 5.10 Å². The Kier molecular flexibility index (Phi) is 4.83. The molecule has 0 bridgehead atoms. The fraction of sp³-hybridized carbons (Fsp3) is 0.125. The van der Waals surface area contributed by atoms with Crippen molar-refractivity contribution in [2.24, 2.45) is 5.10 Å². The molecule has 2 amide bonds. The SMILES string of the molecule is COC(=O)NN=CNC(=O)c1nc(Cl)c(N)nc1N. The molecule has 11 heteroatoms. The van der Waals surface area contributed by atoms with Crippen molar-refractivity contribution in [1.82, 2.24) is 20.7 Å². The molecule has 10 nitrogen and oxygen atoms in total. The first kappa shape index (κ1) is 14.4. The summed E-state index contributed by atoms with van der Waals surface area (Å²) >= 11 is 5.61. The monoisotopic (exact) mass is 287 g/mol. The third-order valence-electron chi connectivity index (χ3n) is 1.72. The number of methoxy groups -OCH3 is 1. The summed E-state index contributed by atoms with van der Waals surface area (Å²) in [6, 6.07) is 0. The van der Waals surface area contributed by atoms with Crippen LogP contribution in [0.2, 0.25) is 5.15 Å². The number of hydrogen-bond donors (Lipinski definition) is 4. The fourth-order valence-electron chi connectivity index (χ4n) is 0.899. The highest BCUT2D eigenvalue weighted by molar-refractivity contribution is 6.31. The maximum atomic E-state index is 11.6. The van der Waals surface area contributed by atoms with Gasteiger partial charge in [0, 0.05) is 0 Å². The Labute approximate surface area is 112 Å². The molecule has 19 heavy (non-hydrogen) atoms. The van der Waals surface area contributed by atoms with E-state index in [2.05, 4.69) is 25.1 Å². The number of amides is 2. The Morgan fingerprint density at radius 1 is 1.37 bits per heavy atom. The Morgan fingerprint density at radius 3 is 2.68 bits per heavy atom. The zero-order chi connectivity index (χ0) is 14.4. The molecule has 0 aromatic carbocycles. The van der Waals surface area contributed by atoms with Crippen LogP contribution < -0.4 is 22.2 Å². The average molecular weight is 288 g/mol. The van der Waals surface area contributed by atoms with E-state index in [9.17, 15) is 9.59 Å². The molecule has 1 aromatic rings. The van der Waals surface area contributed by atoms with Crippen LogP contribution in [0.1, 0.15) is 10.5 Å². The maximum Gasteiger partial charge on any atom is 0.427 e. The van der Waals surface area contributed by atoms with E-state index in [0.717, 1.165) is 13.4 Å². The minimum Gasteiger partial charge on any atom is -0.452 e. The van der Waals surface area contributed by atoms with E-state index in [-0.39, 0.29) is 22.5 Å². The molecule has 6 N–H and O–H groups in total. The molecule has 0 atom stereocenters. The Bertz CT molecular complexity index is 533. The normalized spacial score (nSPS) is 10.2. The van der Waals surface area contributed by atoms with Gasteiger partial charge < -0.3 is 21.5 Å². The predicted octanol–water partition coefficient (Wildman–Crippen LogP) is -0.676. The number of hydrazone groups is 1. The molecule has 0 fully saturated rings. The van der Waals surface area contributed by atoms with Crippen LogP contribution in [0.25, 0.3) is 0 Å². The van der Waals surface area contributed by atoms with Crippen LogP contribution in [-0.4, -0.2) is 35.4 Å². The summed E-state index contributed by atoms with van der Waals surface area (Å²) < 4.78 is 4.24. The number of nitrogen functional groups attached to an aromatic ring is 2. The van der Waals surface area contributed by atoms with E-state index >= 15 is 0 Å². The minimum atomic E-state index is -0.791. The molecule has 0 aliphatic heterocycles. The molecule has 0 saturated heterocycles. The molecule has 0 saturated carbocycles. The first-order valence-corrected chi connectivity index (χ1v) is 5.08. The molecule has 0 unspecified atom stereocenters. The smallest absolute Gasteiger partial charge is 0.427 e. The van der Waals surface area contributed by atoms with Crippen LogP contribution in [0, 0.1) is 0 Å². The third-order valence-corrected chi connectivity index (χ3v) is 2.00. The number of carbonyl (C=O) groups excluding carboxylic acids is 2. The first-order valence-electron chi connectivity index (χ1n) is 4.70. The second kappa shape index (κ2) is 6.35. The summed E-state index contributed by atoms with van der Waals surface area (Å²) in [4.78, 5) is 29.5. The average Bonchev–Trinajstić information content (AvgIpc) is 2.38. The molecule has 1 heterocycles. The Hall–Kier alpha value is -2.62. The molecule has 1 aromatic heterocycles. The third kappa shape index (κ3) is 3.96. The maximum absolute atomic E-state index is 11.6. The highest BCUT2D eigenvalue weighted by atomic mass is 35.5.